The predicted octanol–water partition coefficient (Wildman–Crippen LogP) is 1.40. The molecule has 0 aromatic rings. The molecule has 8 heavy (non-hydrogen) atoms. The Morgan fingerprint density at radius 3 is 2.62 bits per heavy atom. The average molecular weight is 113 g/mol. The minimum absolute atomic E-state index is 0.0353. The van der Waals surface area contributed by atoms with Crippen LogP contribution in [0.25, 0.3) is 0 Å². The molecule has 2 heteroatoms. The van der Waals surface area contributed by atoms with Gasteiger partial charge < -0.3 is 0 Å². The zero-order valence-corrected chi connectivity index (χ0v) is 5.35. The first-order valence-electron chi connectivity index (χ1n) is 2.86. The number of carbonyl (C=O) groups excluding carboxylic acids is 1. The third kappa shape index (κ3) is 3.53. The molecule has 0 atom stereocenters. The van der Waals surface area contributed by atoms with Crippen LogP contribution in [0.5, 0.6) is 0 Å². The number of rotatable bonds is 2. The first-order valence-corrected chi connectivity index (χ1v) is 2.86. The molecule has 0 rings (SSSR count). The van der Waals surface area contributed by atoms with Gasteiger partial charge in [-0.05, 0) is 6.42 Å². The lowest BCUT2D eigenvalue weighted by atomic mass is 10.4. The summed E-state index contributed by atoms with van der Waals surface area (Å²) >= 11 is 0. The topological polar surface area (TPSA) is 29.4 Å². The maximum Gasteiger partial charge on any atom is 0.245 e. The third-order valence-electron chi connectivity index (χ3n) is 0.720. The van der Waals surface area contributed by atoms with Gasteiger partial charge in [-0.3, -0.25) is 4.79 Å². The molecule has 0 spiro atoms. The van der Waals surface area contributed by atoms with Crippen LogP contribution in [0.2, 0.25) is 0 Å². The Bertz CT molecular complexity index is 96.7. The first kappa shape index (κ1) is 7.34. The lowest BCUT2D eigenvalue weighted by Crippen LogP contribution is -1.88. The van der Waals surface area contributed by atoms with E-state index in [2.05, 4.69) is 4.99 Å². The predicted molar refractivity (Wildman–Crippen MR) is 34.1 cm³/mol. The summed E-state index contributed by atoms with van der Waals surface area (Å²) in [4.78, 5) is 14.0. The Morgan fingerprint density at radius 1 is 1.62 bits per heavy atom. The summed E-state index contributed by atoms with van der Waals surface area (Å²) in [6, 6.07) is 0. The van der Waals surface area contributed by atoms with Crippen LogP contribution in [0.1, 0.15) is 26.7 Å². The van der Waals surface area contributed by atoms with E-state index in [-0.39, 0.29) is 5.91 Å². The number of aliphatic imine (C=N–C) groups is 1. The van der Waals surface area contributed by atoms with Crippen molar-refractivity contribution in [2.45, 2.75) is 26.7 Å². The van der Waals surface area contributed by atoms with Crippen LogP contribution in [0.3, 0.4) is 0 Å². The second-order valence-corrected chi connectivity index (χ2v) is 1.47. The monoisotopic (exact) mass is 113 g/mol. The Balaban J connectivity index is 3.37. The van der Waals surface area contributed by atoms with Crippen LogP contribution in [0.15, 0.2) is 4.99 Å². The van der Waals surface area contributed by atoms with Crippen LogP contribution in [-0.2, 0) is 4.79 Å². The standard InChI is InChI=1S/C6H11NO/c1-3-5-7-6(8)4-2/h5H,3-4H2,1-2H3. The SMILES string of the molecule is CCC=NC(=O)CC. The van der Waals surface area contributed by atoms with Crippen LogP contribution in [-0.4, -0.2) is 12.1 Å². The minimum atomic E-state index is -0.0353. The molecule has 0 heterocycles. The summed E-state index contributed by atoms with van der Waals surface area (Å²) in [5.41, 5.74) is 0. The van der Waals surface area contributed by atoms with E-state index in [4.69, 9.17) is 0 Å². The maximum atomic E-state index is 10.4. The molecule has 0 bridgehead atoms. The highest BCUT2D eigenvalue weighted by Crippen LogP contribution is 1.80. The second kappa shape index (κ2) is 4.50. The zero-order valence-electron chi connectivity index (χ0n) is 5.35. The van der Waals surface area contributed by atoms with E-state index in [1.807, 2.05) is 6.92 Å². The average Bonchev–Trinajstić information content (AvgIpc) is 1.83. The normalized spacial score (nSPS) is 10.2. The molecule has 0 saturated carbocycles. The Morgan fingerprint density at radius 2 is 2.25 bits per heavy atom. The maximum absolute atomic E-state index is 10.4. The molecule has 2 nitrogen and oxygen atoms in total. The highest BCUT2D eigenvalue weighted by atomic mass is 16.1. The second-order valence-electron chi connectivity index (χ2n) is 1.47. The van der Waals surface area contributed by atoms with E-state index in [9.17, 15) is 4.79 Å². The van der Waals surface area contributed by atoms with Gasteiger partial charge in [0.1, 0.15) is 0 Å². The molecule has 0 aliphatic rings. The van der Waals surface area contributed by atoms with Crippen molar-refractivity contribution in [3.05, 3.63) is 0 Å². The third-order valence-corrected chi connectivity index (χ3v) is 0.720. The van der Waals surface area contributed by atoms with Gasteiger partial charge in [0.15, 0.2) is 0 Å². The summed E-state index contributed by atoms with van der Waals surface area (Å²) in [5, 5.41) is 0. The number of hydrogen-bond donors (Lipinski definition) is 0. The van der Waals surface area contributed by atoms with Gasteiger partial charge in [-0.15, -0.1) is 0 Å². The van der Waals surface area contributed by atoms with E-state index < -0.39 is 0 Å². The molecule has 0 aromatic carbocycles. The number of carbonyl (C=O) groups is 1. The van der Waals surface area contributed by atoms with Gasteiger partial charge in [-0.1, -0.05) is 13.8 Å². The molecule has 46 valence electrons. The van der Waals surface area contributed by atoms with E-state index in [1.54, 1.807) is 13.1 Å². The van der Waals surface area contributed by atoms with Crippen LogP contribution in [0, 0.1) is 0 Å². The van der Waals surface area contributed by atoms with Gasteiger partial charge in [0, 0.05) is 12.6 Å². The van der Waals surface area contributed by atoms with Crippen molar-refractivity contribution in [3.8, 4) is 0 Å². The summed E-state index contributed by atoms with van der Waals surface area (Å²) < 4.78 is 0. The van der Waals surface area contributed by atoms with Crippen molar-refractivity contribution in [1.82, 2.24) is 0 Å². The van der Waals surface area contributed by atoms with Crippen molar-refractivity contribution < 1.29 is 4.79 Å². The van der Waals surface area contributed by atoms with Gasteiger partial charge in [-0.2, -0.15) is 0 Å². The van der Waals surface area contributed by atoms with Gasteiger partial charge in [0.2, 0.25) is 5.91 Å². The summed E-state index contributed by atoms with van der Waals surface area (Å²) in [7, 11) is 0. The van der Waals surface area contributed by atoms with Gasteiger partial charge in [-0.25, -0.2) is 4.99 Å². The minimum Gasteiger partial charge on any atom is -0.273 e. The first-order chi connectivity index (χ1) is 3.81. The molecule has 0 radical (unpaired) electrons. The number of nitrogens with zero attached hydrogens (tertiary/aromatic N) is 1. The van der Waals surface area contributed by atoms with Crippen molar-refractivity contribution in [2.24, 2.45) is 4.99 Å². The Labute approximate surface area is 49.6 Å². The molecule has 0 aromatic heterocycles. The van der Waals surface area contributed by atoms with Crippen LogP contribution in [0.4, 0.5) is 0 Å². The summed E-state index contributed by atoms with van der Waals surface area (Å²) in [5.74, 6) is -0.0353. The van der Waals surface area contributed by atoms with E-state index in [0.717, 1.165) is 6.42 Å². The molecule has 0 saturated heterocycles. The number of hydrogen-bond acceptors (Lipinski definition) is 1. The van der Waals surface area contributed by atoms with Crippen molar-refractivity contribution in [2.75, 3.05) is 0 Å². The van der Waals surface area contributed by atoms with Crippen LogP contribution >= 0.6 is 0 Å². The van der Waals surface area contributed by atoms with E-state index >= 15 is 0 Å². The highest BCUT2D eigenvalue weighted by Gasteiger charge is 1.86. The van der Waals surface area contributed by atoms with Crippen molar-refractivity contribution in [3.63, 3.8) is 0 Å². The largest absolute Gasteiger partial charge is 0.273 e. The molecule has 0 aliphatic heterocycles. The highest BCUT2D eigenvalue weighted by molar-refractivity contribution is 5.84. The molecule has 1 amide bonds. The fourth-order valence-electron chi connectivity index (χ4n) is 0.284. The van der Waals surface area contributed by atoms with E-state index in [1.165, 1.54) is 0 Å². The molecule has 0 unspecified atom stereocenters. The fraction of sp³-hybridized carbons (Fsp3) is 0.667. The Hall–Kier alpha value is -0.660. The molecule has 0 aliphatic carbocycles. The van der Waals surface area contributed by atoms with Crippen molar-refractivity contribution in [1.29, 1.82) is 0 Å². The van der Waals surface area contributed by atoms with Gasteiger partial charge in [0.25, 0.3) is 0 Å². The smallest absolute Gasteiger partial charge is 0.245 e. The van der Waals surface area contributed by atoms with Crippen LogP contribution < -0.4 is 0 Å². The van der Waals surface area contributed by atoms with Gasteiger partial charge >= 0.3 is 0 Å². The quantitative estimate of drug-likeness (QED) is 0.498. The van der Waals surface area contributed by atoms with Gasteiger partial charge in [0.05, 0.1) is 0 Å². The molecular formula is C6H11NO. The Kier molecular flexibility index (Phi) is 4.13. The lowest BCUT2D eigenvalue weighted by Gasteiger charge is -1.80. The lowest BCUT2D eigenvalue weighted by molar-refractivity contribution is -0.117. The van der Waals surface area contributed by atoms with E-state index in [0.29, 0.717) is 6.42 Å². The summed E-state index contributed by atoms with van der Waals surface area (Å²) in [6.45, 7) is 3.75. The molecule has 0 N–H and O–H groups in total. The number of amides is 1. The summed E-state index contributed by atoms with van der Waals surface area (Å²) in [6.07, 6.45) is 2.98. The molecular weight excluding hydrogens is 102 g/mol. The molecule has 0 fully saturated rings. The van der Waals surface area contributed by atoms with Crippen molar-refractivity contribution >= 4 is 12.1 Å². The fourth-order valence-corrected chi connectivity index (χ4v) is 0.284. The zero-order chi connectivity index (χ0) is 6.41.